The van der Waals surface area contributed by atoms with Gasteiger partial charge in [-0.3, -0.25) is 0 Å². The molecule has 0 bridgehead atoms. The van der Waals surface area contributed by atoms with E-state index in [-0.39, 0.29) is 0 Å². The highest BCUT2D eigenvalue weighted by Gasteiger charge is 2.18. The topological polar surface area (TPSA) is 12.0 Å². The zero-order chi connectivity index (χ0) is 13.3. The van der Waals surface area contributed by atoms with Gasteiger partial charge in [0.25, 0.3) is 0 Å². The van der Waals surface area contributed by atoms with Gasteiger partial charge in [-0.05, 0) is 31.6 Å². The van der Waals surface area contributed by atoms with Gasteiger partial charge < -0.3 is 5.32 Å². The van der Waals surface area contributed by atoms with Crippen molar-refractivity contribution < 1.29 is 0 Å². The minimum atomic E-state index is 0.721. The molecule has 2 rings (SSSR count). The summed E-state index contributed by atoms with van der Waals surface area (Å²) in [6, 6.07) is 0.721. The standard InChI is InChI=1S/C18H33N/c1-16(17-12-8-4-2-5-9-13-17)19-18-14-10-6-3-7-11-15-18/h17-19H,1-15H2. The first-order chi connectivity index (χ1) is 9.36. The largest absolute Gasteiger partial charge is 0.386 e. The molecule has 1 nitrogen and oxygen atoms in total. The minimum Gasteiger partial charge on any atom is -0.386 e. The average Bonchev–Trinajstić information content (AvgIpc) is 2.31. The normalized spacial score (nSPS) is 24.8. The second-order valence-corrected chi connectivity index (χ2v) is 6.75. The third-order valence-electron chi connectivity index (χ3n) is 5.09. The number of hydrogen-bond acceptors (Lipinski definition) is 1. The molecule has 1 heteroatoms. The number of hydrogen-bond donors (Lipinski definition) is 1. The Kier molecular flexibility index (Phi) is 6.81. The molecule has 0 spiro atoms. The maximum Gasteiger partial charge on any atom is 0.0258 e. The van der Waals surface area contributed by atoms with Crippen LogP contribution in [-0.4, -0.2) is 6.04 Å². The van der Waals surface area contributed by atoms with E-state index in [1.807, 2.05) is 0 Å². The van der Waals surface area contributed by atoms with Crippen molar-refractivity contribution in [1.29, 1.82) is 0 Å². The minimum absolute atomic E-state index is 0.721. The van der Waals surface area contributed by atoms with Crippen LogP contribution in [0.25, 0.3) is 0 Å². The van der Waals surface area contributed by atoms with E-state index < -0.39 is 0 Å². The fourth-order valence-corrected chi connectivity index (χ4v) is 3.79. The first kappa shape index (κ1) is 14.9. The summed E-state index contributed by atoms with van der Waals surface area (Å²) in [6.45, 7) is 4.39. The molecule has 2 aliphatic carbocycles. The number of allylic oxidation sites excluding steroid dienone is 1. The molecule has 0 amide bonds. The summed E-state index contributed by atoms with van der Waals surface area (Å²) < 4.78 is 0. The Bertz CT molecular complexity index is 242. The lowest BCUT2D eigenvalue weighted by Crippen LogP contribution is -2.32. The molecule has 0 saturated heterocycles. The summed E-state index contributed by atoms with van der Waals surface area (Å²) in [6.07, 6.45) is 19.8. The van der Waals surface area contributed by atoms with E-state index in [9.17, 15) is 0 Å². The molecule has 19 heavy (non-hydrogen) atoms. The molecular formula is C18H33N. The molecule has 0 atom stereocenters. The van der Waals surface area contributed by atoms with Crippen molar-refractivity contribution >= 4 is 0 Å². The first-order valence-corrected chi connectivity index (χ1v) is 8.81. The van der Waals surface area contributed by atoms with Crippen molar-refractivity contribution in [2.45, 2.75) is 95.9 Å². The summed E-state index contributed by atoms with van der Waals surface area (Å²) in [7, 11) is 0. The van der Waals surface area contributed by atoms with Gasteiger partial charge in [0.15, 0.2) is 0 Å². The van der Waals surface area contributed by atoms with Crippen molar-refractivity contribution in [2.75, 3.05) is 0 Å². The predicted octanol–water partition coefficient (Wildman–Crippen LogP) is 5.56. The number of nitrogens with one attached hydrogen (secondary N) is 1. The van der Waals surface area contributed by atoms with Crippen LogP contribution in [0, 0.1) is 5.92 Å². The van der Waals surface area contributed by atoms with E-state index in [2.05, 4.69) is 11.9 Å². The third-order valence-corrected chi connectivity index (χ3v) is 5.09. The van der Waals surface area contributed by atoms with E-state index in [0.717, 1.165) is 12.0 Å². The Hall–Kier alpha value is -0.460. The van der Waals surface area contributed by atoms with Crippen LogP contribution in [0.3, 0.4) is 0 Å². The molecule has 1 N–H and O–H groups in total. The maximum absolute atomic E-state index is 4.39. The van der Waals surface area contributed by atoms with Crippen LogP contribution in [0.5, 0.6) is 0 Å². The third kappa shape index (κ3) is 5.58. The second-order valence-electron chi connectivity index (χ2n) is 6.75. The van der Waals surface area contributed by atoms with Crippen LogP contribution in [-0.2, 0) is 0 Å². The first-order valence-electron chi connectivity index (χ1n) is 8.81. The van der Waals surface area contributed by atoms with Gasteiger partial charge in [-0.15, -0.1) is 0 Å². The molecule has 2 aliphatic rings. The van der Waals surface area contributed by atoms with Crippen LogP contribution in [0.2, 0.25) is 0 Å². The zero-order valence-corrected chi connectivity index (χ0v) is 12.8. The van der Waals surface area contributed by atoms with Crippen molar-refractivity contribution in [2.24, 2.45) is 5.92 Å². The van der Waals surface area contributed by atoms with Crippen LogP contribution < -0.4 is 5.32 Å². The van der Waals surface area contributed by atoms with Gasteiger partial charge in [-0.1, -0.05) is 70.8 Å². The Labute approximate surface area is 120 Å². The Balaban J connectivity index is 1.77. The van der Waals surface area contributed by atoms with E-state index in [1.54, 1.807) is 0 Å². The molecule has 110 valence electrons. The Morgan fingerprint density at radius 2 is 1.05 bits per heavy atom. The fourth-order valence-electron chi connectivity index (χ4n) is 3.79. The van der Waals surface area contributed by atoms with Crippen LogP contribution >= 0.6 is 0 Å². The molecule has 0 aliphatic heterocycles. The molecule has 0 aromatic rings. The molecule has 2 saturated carbocycles. The van der Waals surface area contributed by atoms with Gasteiger partial charge >= 0.3 is 0 Å². The monoisotopic (exact) mass is 263 g/mol. The summed E-state index contributed by atoms with van der Waals surface area (Å²) in [5.41, 5.74) is 1.37. The molecule has 0 radical (unpaired) electrons. The van der Waals surface area contributed by atoms with Crippen LogP contribution in [0.4, 0.5) is 0 Å². The highest BCUT2D eigenvalue weighted by atomic mass is 14.9. The van der Waals surface area contributed by atoms with E-state index in [1.165, 1.54) is 95.6 Å². The summed E-state index contributed by atoms with van der Waals surface area (Å²) in [5, 5.41) is 3.81. The van der Waals surface area contributed by atoms with Gasteiger partial charge in [0.05, 0.1) is 0 Å². The smallest absolute Gasteiger partial charge is 0.0258 e. The van der Waals surface area contributed by atoms with Gasteiger partial charge in [0.1, 0.15) is 0 Å². The quantitative estimate of drug-likeness (QED) is 0.702. The Morgan fingerprint density at radius 3 is 1.58 bits per heavy atom. The van der Waals surface area contributed by atoms with Crippen molar-refractivity contribution in [1.82, 2.24) is 5.32 Å². The summed E-state index contributed by atoms with van der Waals surface area (Å²) in [4.78, 5) is 0. The van der Waals surface area contributed by atoms with Crippen molar-refractivity contribution in [3.63, 3.8) is 0 Å². The Morgan fingerprint density at radius 1 is 0.632 bits per heavy atom. The summed E-state index contributed by atoms with van der Waals surface area (Å²) in [5.74, 6) is 0.755. The molecular weight excluding hydrogens is 230 g/mol. The average molecular weight is 263 g/mol. The second kappa shape index (κ2) is 8.66. The van der Waals surface area contributed by atoms with Crippen molar-refractivity contribution in [3.05, 3.63) is 12.3 Å². The molecule has 0 aromatic heterocycles. The van der Waals surface area contributed by atoms with Gasteiger partial charge in [-0.2, -0.15) is 0 Å². The molecule has 0 unspecified atom stereocenters. The predicted molar refractivity (Wildman–Crippen MR) is 84.2 cm³/mol. The van der Waals surface area contributed by atoms with Crippen molar-refractivity contribution in [3.8, 4) is 0 Å². The number of rotatable bonds is 3. The summed E-state index contributed by atoms with van der Waals surface area (Å²) >= 11 is 0. The van der Waals surface area contributed by atoms with E-state index in [0.29, 0.717) is 0 Å². The molecule has 0 heterocycles. The maximum atomic E-state index is 4.39. The fraction of sp³-hybridized carbons (Fsp3) is 0.889. The van der Waals surface area contributed by atoms with E-state index >= 15 is 0 Å². The van der Waals surface area contributed by atoms with Crippen LogP contribution in [0.1, 0.15) is 89.9 Å². The van der Waals surface area contributed by atoms with Gasteiger partial charge in [0, 0.05) is 11.7 Å². The zero-order valence-electron chi connectivity index (χ0n) is 12.8. The van der Waals surface area contributed by atoms with Gasteiger partial charge in [-0.25, -0.2) is 0 Å². The van der Waals surface area contributed by atoms with E-state index in [4.69, 9.17) is 0 Å². The SMILES string of the molecule is C=C(NC1CCCCCCC1)C1CCCCCCC1. The highest BCUT2D eigenvalue weighted by Crippen LogP contribution is 2.27. The molecule has 0 aromatic carbocycles. The van der Waals surface area contributed by atoms with Gasteiger partial charge in [0.2, 0.25) is 0 Å². The van der Waals surface area contributed by atoms with Crippen LogP contribution in [0.15, 0.2) is 12.3 Å². The highest BCUT2D eigenvalue weighted by molar-refractivity contribution is 5.00. The molecule has 2 fully saturated rings. The lowest BCUT2D eigenvalue weighted by atomic mass is 9.88. The lowest BCUT2D eigenvalue weighted by Gasteiger charge is -2.28. The lowest BCUT2D eigenvalue weighted by molar-refractivity contribution is 0.363.